The van der Waals surface area contributed by atoms with Crippen LogP contribution in [0.1, 0.15) is 11.1 Å². The maximum Gasteiger partial charge on any atom is 0.264 e. The highest BCUT2D eigenvalue weighted by Crippen LogP contribution is 2.13. The highest BCUT2D eigenvalue weighted by atomic mass is 16.2. The number of nitrogens with zero attached hydrogens (tertiary/aromatic N) is 3. The third-order valence-corrected chi connectivity index (χ3v) is 4.37. The zero-order chi connectivity index (χ0) is 17.5. The average Bonchev–Trinajstić information content (AvgIpc) is 2.68. The van der Waals surface area contributed by atoms with Gasteiger partial charge in [0.05, 0.1) is 0 Å². The fourth-order valence-electron chi connectivity index (χ4n) is 2.98. The second-order valence-corrected chi connectivity index (χ2v) is 6.13. The van der Waals surface area contributed by atoms with Crippen molar-refractivity contribution < 1.29 is 4.79 Å². The number of carbonyl (C=O) groups excluding carboxylic acids is 1. The second kappa shape index (κ2) is 8.27. The molecule has 1 aliphatic rings. The van der Waals surface area contributed by atoms with Gasteiger partial charge in [0, 0.05) is 32.7 Å². The molecule has 25 heavy (non-hydrogen) atoms. The predicted octanol–water partition coefficient (Wildman–Crippen LogP) is 2.94. The Morgan fingerprint density at radius 3 is 2.16 bits per heavy atom. The summed E-state index contributed by atoms with van der Waals surface area (Å²) in [5, 5.41) is 9.36. The Balaban J connectivity index is 1.59. The molecule has 4 heteroatoms. The smallest absolute Gasteiger partial charge is 0.264 e. The van der Waals surface area contributed by atoms with Crippen molar-refractivity contribution in [1.82, 2.24) is 9.80 Å². The van der Waals surface area contributed by atoms with Crippen LogP contribution in [0.4, 0.5) is 0 Å². The zero-order valence-corrected chi connectivity index (χ0v) is 14.1. The van der Waals surface area contributed by atoms with Crippen molar-refractivity contribution >= 4 is 12.0 Å². The van der Waals surface area contributed by atoms with Gasteiger partial charge in [-0.2, -0.15) is 5.26 Å². The maximum atomic E-state index is 12.6. The summed E-state index contributed by atoms with van der Waals surface area (Å²) in [4.78, 5) is 16.7. The minimum absolute atomic E-state index is 0.175. The first kappa shape index (κ1) is 16.9. The number of hydrogen-bond donors (Lipinski definition) is 0. The predicted molar refractivity (Wildman–Crippen MR) is 98.3 cm³/mol. The molecular weight excluding hydrogens is 310 g/mol. The van der Waals surface area contributed by atoms with Gasteiger partial charge in [-0.25, -0.2) is 0 Å². The van der Waals surface area contributed by atoms with Gasteiger partial charge in [-0.15, -0.1) is 0 Å². The molecule has 0 aliphatic carbocycles. The van der Waals surface area contributed by atoms with Crippen molar-refractivity contribution in [3.05, 3.63) is 77.4 Å². The van der Waals surface area contributed by atoms with E-state index in [1.165, 1.54) is 5.56 Å². The van der Waals surface area contributed by atoms with Crippen LogP contribution in [0.5, 0.6) is 0 Å². The van der Waals surface area contributed by atoms with Crippen LogP contribution in [-0.2, 0) is 11.3 Å². The van der Waals surface area contributed by atoms with E-state index < -0.39 is 0 Å². The van der Waals surface area contributed by atoms with Crippen LogP contribution in [0, 0.1) is 11.3 Å². The van der Waals surface area contributed by atoms with Crippen LogP contribution in [-0.4, -0.2) is 41.9 Å². The van der Waals surface area contributed by atoms with Gasteiger partial charge in [0.2, 0.25) is 0 Å². The molecule has 2 aromatic rings. The zero-order valence-electron chi connectivity index (χ0n) is 14.1. The van der Waals surface area contributed by atoms with Crippen LogP contribution in [0.3, 0.4) is 0 Å². The monoisotopic (exact) mass is 331 g/mol. The van der Waals surface area contributed by atoms with Crippen molar-refractivity contribution in [3.63, 3.8) is 0 Å². The summed E-state index contributed by atoms with van der Waals surface area (Å²) in [7, 11) is 0. The van der Waals surface area contributed by atoms with E-state index in [1.807, 2.05) is 48.5 Å². The average molecular weight is 331 g/mol. The molecule has 1 heterocycles. The number of rotatable bonds is 4. The molecule has 0 spiro atoms. The minimum Gasteiger partial charge on any atom is -0.335 e. The molecule has 0 bridgehead atoms. The van der Waals surface area contributed by atoms with E-state index in [0.29, 0.717) is 13.1 Å². The molecule has 0 aromatic heterocycles. The van der Waals surface area contributed by atoms with Gasteiger partial charge in [0.25, 0.3) is 5.91 Å². The third kappa shape index (κ3) is 4.56. The highest BCUT2D eigenvalue weighted by molar-refractivity contribution is 6.01. The molecule has 1 fully saturated rings. The molecule has 1 saturated heterocycles. The first-order chi connectivity index (χ1) is 12.3. The lowest BCUT2D eigenvalue weighted by atomic mass is 10.1. The number of hydrogen-bond acceptors (Lipinski definition) is 3. The molecule has 0 N–H and O–H groups in total. The summed E-state index contributed by atoms with van der Waals surface area (Å²) in [6, 6.07) is 21.9. The molecule has 1 amide bonds. The highest BCUT2D eigenvalue weighted by Gasteiger charge is 2.23. The number of carbonyl (C=O) groups is 1. The van der Waals surface area contributed by atoms with Crippen molar-refractivity contribution in [1.29, 1.82) is 5.26 Å². The van der Waals surface area contributed by atoms with E-state index in [0.717, 1.165) is 25.2 Å². The summed E-state index contributed by atoms with van der Waals surface area (Å²) in [6.45, 7) is 3.85. The van der Waals surface area contributed by atoms with Gasteiger partial charge in [0.15, 0.2) is 0 Å². The Morgan fingerprint density at radius 2 is 1.56 bits per heavy atom. The Morgan fingerprint density at radius 1 is 0.960 bits per heavy atom. The van der Waals surface area contributed by atoms with E-state index in [4.69, 9.17) is 0 Å². The molecule has 0 radical (unpaired) electrons. The fourth-order valence-corrected chi connectivity index (χ4v) is 2.98. The van der Waals surface area contributed by atoms with Gasteiger partial charge >= 0.3 is 0 Å². The lowest BCUT2D eigenvalue weighted by molar-refractivity contribution is -0.128. The summed E-state index contributed by atoms with van der Waals surface area (Å²) >= 11 is 0. The molecule has 2 aromatic carbocycles. The minimum atomic E-state index is -0.175. The molecule has 4 nitrogen and oxygen atoms in total. The molecule has 0 atom stereocenters. The van der Waals surface area contributed by atoms with E-state index in [1.54, 1.807) is 11.0 Å². The standard InChI is InChI=1S/C21H21N3O/c22-16-20(15-18-7-3-1-4-8-18)21(25)24-13-11-23(12-14-24)17-19-9-5-2-6-10-19/h1-10,15H,11-14,17H2/b20-15-. The van der Waals surface area contributed by atoms with E-state index >= 15 is 0 Å². The van der Waals surface area contributed by atoms with Crippen molar-refractivity contribution in [2.45, 2.75) is 6.54 Å². The normalized spacial score (nSPS) is 15.6. The van der Waals surface area contributed by atoms with Gasteiger partial charge in [-0.05, 0) is 17.2 Å². The first-order valence-corrected chi connectivity index (χ1v) is 8.48. The van der Waals surface area contributed by atoms with Gasteiger partial charge in [-0.1, -0.05) is 60.7 Å². The van der Waals surface area contributed by atoms with E-state index in [9.17, 15) is 10.1 Å². The Hall–Kier alpha value is -2.90. The van der Waals surface area contributed by atoms with E-state index in [2.05, 4.69) is 23.1 Å². The van der Waals surface area contributed by atoms with Gasteiger partial charge in [-0.3, -0.25) is 9.69 Å². The summed E-state index contributed by atoms with van der Waals surface area (Å²) in [5.41, 5.74) is 2.35. The van der Waals surface area contributed by atoms with Gasteiger partial charge < -0.3 is 4.90 Å². The summed E-state index contributed by atoms with van der Waals surface area (Å²) in [5.74, 6) is -0.175. The molecule has 0 unspecified atom stereocenters. The first-order valence-electron chi connectivity index (χ1n) is 8.48. The Kier molecular flexibility index (Phi) is 5.61. The number of nitriles is 1. The number of amides is 1. The van der Waals surface area contributed by atoms with Crippen molar-refractivity contribution in [3.8, 4) is 6.07 Å². The molecule has 0 saturated carbocycles. The molecule has 126 valence electrons. The number of piperazine rings is 1. The SMILES string of the molecule is N#C/C(=C/c1ccccc1)C(=O)N1CCN(Cc2ccccc2)CC1. The Labute approximate surface area is 148 Å². The molecule has 3 rings (SSSR count). The van der Waals surface area contributed by atoms with Crippen molar-refractivity contribution in [2.24, 2.45) is 0 Å². The molecule has 1 aliphatic heterocycles. The summed E-state index contributed by atoms with van der Waals surface area (Å²) in [6.07, 6.45) is 1.67. The third-order valence-electron chi connectivity index (χ3n) is 4.37. The maximum absolute atomic E-state index is 12.6. The lowest BCUT2D eigenvalue weighted by Gasteiger charge is -2.34. The Bertz CT molecular complexity index is 770. The lowest BCUT2D eigenvalue weighted by Crippen LogP contribution is -2.48. The van der Waals surface area contributed by atoms with E-state index in [-0.39, 0.29) is 11.5 Å². The quantitative estimate of drug-likeness (QED) is 0.639. The summed E-state index contributed by atoms with van der Waals surface area (Å²) < 4.78 is 0. The topological polar surface area (TPSA) is 47.3 Å². The largest absolute Gasteiger partial charge is 0.335 e. The van der Waals surface area contributed by atoms with Crippen LogP contribution in [0.15, 0.2) is 66.2 Å². The number of benzene rings is 2. The van der Waals surface area contributed by atoms with Gasteiger partial charge in [0.1, 0.15) is 11.6 Å². The second-order valence-electron chi connectivity index (χ2n) is 6.13. The molecular formula is C21H21N3O. The van der Waals surface area contributed by atoms with Crippen LogP contribution in [0.25, 0.3) is 6.08 Å². The fraction of sp³-hybridized carbons (Fsp3) is 0.238. The van der Waals surface area contributed by atoms with Crippen molar-refractivity contribution in [2.75, 3.05) is 26.2 Å². The van der Waals surface area contributed by atoms with Crippen LogP contribution >= 0.6 is 0 Å². The van der Waals surface area contributed by atoms with Crippen LogP contribution < -0.4 is 0 Å². The van der Waals surface area contributed by atoms with Crippen LogP contribution in [0.2, 0.25) is 0 Å².